The molecular formula is C21H26N4. The molecule has 0 amide bonds. The van der Waals surface area contributed by atoms with Gasteiger partial charge in [0.1, 0.15) is 5.82 Å². The molecule has 1 aliphatic rings. The first kappa shape index (κ1) is 16.2. The summed E-state index contributed by atoms with van der Waals surface area (Å²) < 4.78 is 2.38. The Bertz CT molecular complexity index is 886. The molecule has 4 nitrogen and oxygen atoms in total. The fourth-order valence-electron chi connectivity index (χ4n) is 3.71. The third-order valence-electron chi connectivity index (χ3n) is 5.37. The predicted octanol–water partition coefficient (Wildman–Crippen LogP) is 4.00. The van der Waals surface area contributed by atoms with Gasteiger partial charge in [-0.15, -0.1) is 0 Å². The number of anilines is 1. The van der Waals surface area contributed by atoms with E-state index in [9.17, 15) is 0 Å². The predicted molar refractivity (Wildman–Crippen MR) is 105 cm³/mol. The minimum Gasteiger partial charge on any atom is -0.399 e. The second kappa shape index (κ2) is 6.52. The number of aryl methyl sites for hydroxylation is 2. The Labute approximate surface area is 149 Å². The normalized spacial score (nSPS) is 15.3. The van der Waals surface area contributed by atoms with Crippen LogP contribution in [-0.4, -0.2) is 34.1 Å². The Morgan fingerprint density at radius 2 is 1.64 bits per heavy atom. The van der Waals surface area contributed by atoms with Crippen molar-refractivity contribution < 1.29 is 0 Å². The maximum Gasteiger partial charge on any atom is 0.141 e. The fraction of sp³-hybridized carbons (Fsp3) is 0.381. The van der Waals surface area contributed by atoms with Crippen LogP contribution in [0, 0.1) is 13.8 Å². The minimum atomic E-state index is 0.787. The Balaban J connectivity index is 1.78. The summed E-state index contributed by atoms with van der Waals surface area (Å²) >= 11 is 0. The number of aromatic nitrogens is 2. The van der Waals surface area contributed by atoms with E-state index in [-0.39, 0.29) is 0 Å². The molecular weight excluding hydrogens is 308 g/mol. The number of likely N-dealkylation sites (tertiary alicyclic amines) is 1. The standard InChI is InChI=1S/C21H26N4/c1-15-13-19-20(14-16(15)2)25(12-11-24-9-3-4-10-24)21(23-19)17-5-7-18(22)8-6-17/h5-8,13-14H,3-4,9-12,22H2,1-2H3. The first-order valence-corrected chi connectivity index (χ1v) is 9.17. The van der Waals surface area contributed by atoms with Crippen molar-refractivity contribution in [2.24, 2.45) is 0 Å². The van der Waals surface area contributed by atoms with E-state index in [0.29, 0.717) is 0 Å². The summed E-state index contributed by atoms with van der Waals surface area (Å²) in [6.45, 7) is 8.83. The van der Waals surface area contributed by atoms with E-state index in [2.05, 4.69) is 47.6 Å². The van der Waals surface area contributed by atoms with Gasteiger partial charge in [0.05, 0.1) is 11.0 Å². The summed E-state index contributed by atoms with van der Waals surface area (Å²) in [5, 5.41) is 0. The van der Waals surface area contributed by atoms with Crippen molar-refractivity contribution in [1.29, 1.82) is 0 Å². The third kappa shape index (κ3) is 3.14. The number of hydrogen-bond donors (Lipinski definition) is 1. The molecule has 0 bridgehead atoms. The maximum absolute atomic E-state index is 5.87. The zero-order valence-electron chi connectivity index (χ0n) is 15.1. The largest absolute Gasteiger partial charge is 0.399 e. The van der Waals surface area contributed by atoms with Gasteiger partial charge in [0.2, 0.25) is 0 Å². The fourth-order valence-corrected chi connectivity index (χ4v) is 3.71. The lowest BCUT2D eigenvalue weighted by Gasteiger charge is -2.17. The van der Waals surface area contributed by atoms with Gasteiger partial charge in [-0.05, 0) is 87.3 Å². The first-order valence-electron chi connectivity index (χ1n) is 9.17. The molecule has 130 valence electrons. The van der Waals surface area contributed by atoms with E-state index in [1.54, 1.807) is 0 Å². The van der Waals surface area contributed by atoms with Gasteiger partial charge in [0.25, 0.3) is 0 Å². The average molecular weight is 334 g/mol. The summed E-state index contributed by atoms with van der Waals surface area (Å²) in [5.74, 6) is 1.04. The van der Waals surface area contributed by atoms with Crippen LogP contribution < -0.4 is 5.73 Å². The highest BCUT2D eigenvalue weighted by atomic mass is 15.2. The number of fused-ring (bicyclic) bond motifs is 1. The Hall–Kier alpha value is -2.33. The van der Waals surface area contributed by atoms with Crippen LogP contribution in [0.1, 0.15) is 24.0 Å². The molecule has 1 aromatic heterocycles. The highest BCUT2D eigenvalue weighted by Crippen LogP contribution is 2.27. The number of rotatable bonds is 4. The lowest BCUT2D eigenvalue weighted by atomic mass is 10.1. The molecule has 4 heteroatoms. The summed E-state index contributed by atoms with van der Waals surface area (Å²) in [7, 11) is 0. The van der Waals surface area contributed by atoms with Gasteiger partial charge < -0.3 is 15.2 Å². The highest BCUT2D eigenvalue weighted by molar-refractivity contribution is 5.82. The summed E-state index contributed by atoms with van der Waals surface area (Å²) in [4.78, 5) is 7.52. The Morgan fingerprint density at radius 3 is 2.36 bits per heavy atom. The molecule has 2 N–H and O–H groups in total. The van der Waals surface area contributed by atoms with Crippen LogP contribution in [0.5, 0.6) is 0 Å². The maximum atomic E-state index is 5.87. The Kier molecular flexibility index (Phi) is 4.22. The molecule has 2 heterocycles. The second-order valence-corrected chi connectivity index (χ2v) is 7.18. The van der Waals surface area contributed by atoms with Gasteiger partial charge in [-0.2, -0.15) is 0 Å². The summed E-state index contributed by atoms with van der Waals surface area (Å²) in [5.41, 5.74) is 12.7. The number of nitrogens with two attached hydrogens (primary N) is 1. The molecule has 0 spiro atoms. The average Bonchev–Trinajstić information content (AvgIpc) is 3.22. The molecule has 0 saturated carbocycles. The molecule has 0 atom stereocenters. The molecule has 25 heavy (non-hydrogen) atoms. The Morgan fingerprint density at radius 1 is 0.960 bits per heavy atom. The van der Waals surface area contributed by atoms with Crippen molar-refractivity contribution in [2.75, 3.05) is 25.4 Å². The topological polar surface area (TPSA) is 47.1 Å². The first-order chi connectivity index (χ1) is 12.1. The monoisotopic (exact) mass is 334 g/mol. The van der Waals surface area contributed by atoms with E-state index in [0.717, 1.165) is 35.7 Å². The molecule has 4 rings (SSSR count). The third-order valence-corrected chi connectivity index (χ3v) is 5.37. The van der Waals surface area contributed by atoms with Crippen molar-refractivity contribution >= 4 is 16.7 Å². The number of benzene rings is 2. The SMILES string of the molecule is Cc1cc2nc(-c3ccc(N)cc3)n(CCN3CCCC3)c2cc1C. The van der Waals surface area contributed by atoms with Gasteiger partial charge in [-0.1, -0.05) is 0 Å². The molecule has 1 aliphatic heterocycles. The second-order valence-electron chi connectivity index (χ2n) is 7.18. The number of nitrogens with zero attached hydrogens (tertiary/aromatic N) is 3. The number of nitrogen functional groups attached to an aromatic ring is 1. The van der Waals surface area contributed by atoms with E-state index in [1.165, 1.54) is 42.6 Å². The van der Waals surface area contributed by atoms with Crippen LogP contribution >= 0.6 is 0 Å². The summed E-state index contributed by atoms with van der Waals surface area (Å²) in [6, 6.07) is 12.5. The lowest BCUT2D eigenvalue weighted by Crippen LogP contribution is -2.24. The van der Waals surface area contributed by atoms with Crippen LogP contribution in [0.4, 0.5) is 5.69 Å². The quantitative estimate of drug-likeness (QED) is 0.734. The van der Waals surface area contributed by atoms with Crippen molar-refractivity contribution in [2.45, 2.75) is 33.2 Å². The van der Waals surface area contributed by atoms with Crippen molar-refractivity contribution in [3.8, 4) is 11.4 Å². The van der Waals surface area contributed by atoms with E-state index < -0.39 is 0 Å². The van der Waals surface area contributed by atoms with E-state index in [4.69, 9.17) is 10.7 Å². The lowest BCUT2D eigenvalue weighted by molar-refractivity contribution is 0.325. The van der Waals surface area contributed by atoms with Gasteiger partial charge in [0.15, 0.2) is 0 Å². The highest BCUT2D eigenvalue weighted by Gasteiger charge is 2.16. The molecule has 0 radical (unpaired) electrons. The van der Waals surface area contributed by atoms with E-state index in [1.807, 2.05) is 12.1 Å². The van der Waals surface area contributed by atoms with Gasteiger partial charge in [0, 0.05) is 24.3 Å². The number of imidazole rings is 1. The van der Waals surface area contributed by atoms with Crippen LogP contribution in [0.15, 0.2) is 36.4 Å². The van der Waals surface area contributed by atoms with Gasteiger partial charge in [-0.3, -0.25) is 0 Å². The van der Waals surface area contributed by atoms with Crippen LogP contribution in [0.25, 0.3) is 22.4 Å². The van der Waals surface area contributed by atoms with Gasteiger partial charge in [-0.25, -0.2) is 4.98 Å². The minimum absolute atomic E-state index is 0.787. The smallest absolute Gasteiger partial charge is 0.141 e. The zero-order chi connectivity index (χ0) is 17.4. The van der Waals surface area contributed by atoms with Crippen LogP contribution in [-0.2, 0) is 6.54 Å². The van der Waals surface area contributed by atoms with Crippen LogP contribution in [0.3, 0.4) is 0 Å². The van der Waals surface area contributed by atoms with Crippen molar-refractivity contribution in [3.05, 3.63) is 47.5 Å². The molecule has 0 unspecified atom stereocenters. The van der Waals surface area contributed by atoms with Crippen molar-refractivity contribution in [3.63, 3.8) is 0 Å². The molecule has 2 aromatic carbocycles. The molecule has 0 aliphatic carbocycles. The van der Waals surface area contributed by atoms with Crippen molar-refractivity contribution in [1.82, 2.24) is 14.5 Å². The van der Waals surface area contributed by atoms with Gasteiger partial charge >= 0.3 is 0 Å². The zero-order valence-corrected chi connectivity index (χ0v) is 15.1. The summed E-state index contributed by atoms with van der Waals surface area (Å²) in [6.07, 6.45) is 2.65. The molecule has 3 aromatic rings. The molecule has 1 fully saturated rings. The van der Waals surface area contributed by atoms with Crippen LogP contribution in [0.2, 0.25) is 0 Å². The number of hydrogen-bond acceptors (Lipinski definition) is 3. The van der Waals surface area contributed by atoms with E-state index >= 15 is 0 Å². The molecule has 1 saturated heterocycles.